The maximum atomic E-state index is 5.79. The van der Waals surface area contributed by atoms with Gasteiger partial charge in [-0.15, -0.1) is 0 Å². The molecule has 19 heavy (non-hydrogen) atoms. The Kier molecular flexibility index (Phi) is 7.47. The number of benzene rings is 1. The van der Waals surface area contributed by atoms with Crippen molar-refractivity contribution >= 4 is 15.9 Å². The second-order valence-electron chi connectivity index (χ2n) is 5.51. The van der Waals surface area contributed by atoms with Gasteiger partial charge < -0.3 is 10.1 Å². The van der Waals surface area contributed by atoms with Crippen molar-refractivity contribution < 1.29 is 4.74 Å². The average molecular weight is 328 g/mol. The van der Waals surface area contributed by atoms with Gasteiger partial charge in [0.25, 0.3) is 0 Å². The summed E-state index contributed by atoms with van der Waals surface area (Å²) in [6.45, 7) is 10.5. The molecular formula is C16H26BrNO. The highest BCUT2D eigenvalue weighted by Gasteiger charge is 2.08. The summed E-state index contributed by atoms with van der Waals surface area (Å²) in [6.07, 6.45) is 2.23. The molecule has 1 atom stereocenters. The van der Waals surface area contributed by atoms with Crippen molar-refractivity contribution in [1.29, 1.82) is 0 Å². The zero-order valence-corrected chi connectivity index (χ0v) is 14.1. The van der Waals surface area contributed by atoms with E-state index in [2.05, 4.69) is 55.0 Å². The van der Waals surface area contributed by atoms with E-state index in [0.717, 1.165) is 35.7 Å². The zero-order chi connectivity index (χ0) is 14.3. The van der Waals surface area contributed by atoms with E-state index >= 15 is 0 Å². The minimum absolute atomic E-state index is 0.526. The van der Waals surface area contributed by atoms with Crippen LogP contribution in [0.5, 0.6) is 5.75 Å². The minimum Gasteiger partial charge on any atom is -0.493 e. The Hall–Kier alpha value is -0.540. The summed E-state index contributed by atoms with van der Waals surface area (Å²) in [5.74, 6) is 1.72. The summed E-state index contributed by atoms with van der Waals surface area (Å²) < 4.78 is 6.90. The van der Waals surface area contributed by atoms with Crippen molar-refractivity contribution in [3.05, 3.63) is 28.2 Å². The standard InChI is InChI=1S/C16H26BrNO/c1-5-8-19-16-7-6-15(17)10-14(16)11-18-13(4)9-12(2)3/h6-7,10,12-13,18H,5,8-9,11H2,1-4H3. The molecule has 0 bridgehead atoms. The minimum atomic E-state index is 0.526. The fraction of sp³-hybridized carbons (Fsp3) is 0.625. The molecule has 1 aromatic carbocycles. The molecule has 0 aromatic heterocycles. The Morgan fingerprint density at radius 2 is 2.00 bits per heavy atom. The van der Waals surface area contributed by atoms with E-state index in [1.807, 2.05) is 12.1 Å². The highest BCUT2D eigenvalue weighted by Crippen LogP contribution is 2.23. The van der Waals surface area contributed by atoms with Gasteiger partial charge in [-0.1, -0.05) is 36.7 Å². The fourth-order valence-electron chi connectivity index (χ4n) is 2.11. The topological polar surface area (TPSA) is 21.3 Å². The first-order valence-corrected chi connectivity index (χ1v) is 7.96. The molecule has 0 saturated carbocycles. The number of ether oxygens (including phenoxy) is 1. The van der Waals surface area contributed by atoms with Gasteiger partial charge in [0.2, 0.25) is 0 Å². The van der Waals surface area contributed by atoms with Crippen molar-refractivity contribution in [3.8, 4) is 5.75 Å². The van der Waals surface area contributed by atoms with E-state index in [0.29, 0.717) is 6.04 Å². The van der Waals surface area contributed by atoms with Gasteiger partial charge >= 0.3 is 0 Å². The highest BCUT2D eigenvalue weighted by atomic mass is 79.9. The van der Waals surface area contributed by atoms with Gasteiger partial charge in [0.05, 0.1) is 6.61 Å². The van der Waals surface area contributed by atoms with Gasteiger partial charge in [-0.25, -0.2) is 0 Å². The number of hydrogen-bond acceptors (Lipinski definition) is 2. The second-order valence-corrected chi connectivity index (χ2v) is 6.43. The maximum Gasteiger partial charge on any atom is 0.123 e. The van der Waals surface area contributed by atoms with Crippen LogP contribution in [-0.2, 0) is 6.54 Å². The van der Waals surface area contributed by atoms with Crippen LogP contribution in [0.4, 0.5) is 0 Å². The van der Waals surface area contributed by atoms with E-state index in [9.17, 15) is 0 Å². The molecule has 0 heterocycles. The van der Waals surface area contributed by atoms with Crippen LogP contribution in [-0.4, -0.2) is 12.6 Å². The number of nitrogens with one attached hydrogen (secondary N) is 1. The molecule has 0 amide bonds. The van der Waals surface area contributed by atoms with Gasteiger partial charge in [-0.2, -0.15) is 0 Å². The molecule has 0 aliphatic carbocycles. The lowest BCUT2D eigenvalue weighted by Crippen LogP contribution is -2.27. The van der Waals surface area contributed by atoms with Crippen LogP contribution in [0, 0.1) is 5.92 Å². The van der Waals surface area contributed by atoms with Crippen LogP contribution >= 0.6 is 15.9 Å². The van der Waals surface area contributed by atoms with E-state index in [1.54, 1.807) is 0 Å². The smallest absolute Gasteiger partial charge is 0.123 e. The first kappa shape index (κ1) is 16.5. The van der Waals surface area contributed by atoms with Crippen LogP contribution in [0.1, 0.15) is 46.1 Å². The Labute approximate surface area is 126 Å². The van der Waals surface area contributed by atoms with Crippen molar-refractivity contribution in [2.24, 2.45) is 5.92 Å². The predicted octanol–water partition coefficient (Wildman–Crippen LogP) is 4.76. The summed E-state index contributed by atoms with van der Waals surface area (Å²) in [7, 11) is 0. The Balaban J connectivity index is 2.62. The van der Waals surface area contributed by atoms with Crippen molar-refractivity contribution in [3.63, 3.8) is 0 Å². The number of hydrogen-bond donors (Lipinski definition) is 1. The van der Waals surface area contributed by atoms with Gasteiger partial charge in [0, 0.05) is 22.6 Å². The highest BCUT2D eigenvalue weighted by molar-refractivity contribution is 9.10. The first-order valence-electron chi connectivity index (χ1n) is 7.17. The Morgan fingerprint density at radius 1 is 1.26 bits per heavy atom. The van der Waals surface area contributed by atoms with E-state index in [1.165, 1.54) is 12.0 Å². The molecule has 0 radical (unpaired) electrons. The summed E-state index contributed by atoms with van der Waals surface area (Å²) >= 11 is 3.53. The molecule has 1 aromatic rings. The molecule has 3 heteroatoms. The summed E-state index contributed by atoms with van der Waals surface area (Å²) in [4.78, 5) is 0. The quantitative estimate of drug-likeness (QED) is 0.743. The van der Waals surface area contributed by atoms with Gasteiger partial charge in [-0.05, 0) is 43.9 Å². The van der Waals surface area contributed by atoms with Crippen LogP contribution in [0.25, 0.3) is 0 Å². The lowest BCUT2D eigenvalue weighted by Gasteiger charge is -2.18. The normalized spacial score (nSPS) is 12.7. The van der Waals surface area contributed by atoms with E-state index in [-0.39, 0.29) is 0 Å². The number of rotatable bonds is 8. The average Bonchev–Trinajstić information content (AvgIpc) is 2.34. The maximum absolute atomic E-state index is 5.79. The SMILES string of the molecule is CCCOc1ccc(Br)cc1CNC(C)CC(C)C. The Bertz CT molecular complexity index is 379. The first-order chi connectivity index (χ1) is 9.02. The summed E-state index contributed by atoms with van der Waals surface area (Å²) in [5.41, 5.74) is 1.22. The van der Waals surface area contributed by atoms with Gasteiger partial charge in [0.15, 0.2) is 0 Å². The molecule has 108 valence electrons. The molecule has 2 nitrogen and oxygen atoms in total. The Morgan fingerprint density at radius 3 is 2.63 bits per heavy atom. The molecule has 0 saturated heterocycles. The number of halogens is 1. The second kappa shape index (κ2) is 8.60. The molecular weight excluding hydrogens is 302 g/mol. The molecule has 0 spiro atoms. The zero-order valence-electron chi connectivity index (χ0n) is 12.5. The molecule has 1 N–H and O–H groups in total. The molecule has 1 unspecified atom stereocenters. The van der Waals surface area contributed by atoms with Gasteiger partial charge in [-0.3, -0.25) is 0 Å². The summed E-state index contributed by atoms with van der Waals surface area (Å²) in [5, 5.41) is 3.57. The fourth-order valence-corrected chi connectivity index (χ4v) is 2.52. The molecule has 1 rings (SSSR count). The lowest BCUT2D eigenvalue weighted by molar-refractivity contribution is 0.312. The lowest BCUT2D eigenvalue weighted by atomic mass is 10.0. The van der Waals surface area contributed by atoms with Crippen LogP contribution in [0.2, 0.25) is 0 Å². The third-order valence-electron chi connectivity index (χ3n) is 2.95. The van der Waals surface area contributed by atoms with Crippen LogP contribution < -0.4 is 10.1 Å². The van der Waals surface area contributed by atoms with Crippen LogP contribution in [0.3, 0.4) is 0 Å². The molecule has 0 fully saturated rings. The predicted molar refractivity (Wildman–Crippen MR) is 85.7 cm³/mol. The van der Waals surface area contributed by atoms with Crippen molar-refractivity contribution in [1.82, 2.24) is 5.32 Å². The monoisotopic (exact) mass is 327 g/mol. The van der Waals surface area contributed by atoms with Crippen molar-refractivity contribution in [2.75, 3.05) is 6.61 Å². The van der Waals surface area contributed by atoms with E-state index in [4.69, 9.17) is 4.74 Å². The third-order valence-corrected chi connectivity index (χ3v) is 3.44. The van der Waals surface area contributed by atoms with Crippen LogP contribution in [0.15, 0.2) is 22.7 Å². The summed E-state index contributed by atoms with van der Waals surface area (Å²) in [6, 6.07) is 6.74. The van der Waals surface area contributed by atoms with Gasteiger partial charge in [0.1, 0.15) is 5.75 Å². The third kappa shape index (κ3) is 6.44. The molecule has 0 aliphatic rings. The van der Waals surface area contributed by atoms with Crippen molar-refractivity contribution in [2.45, 2.75) is 53.1 Å². The largest absolute Gasteiger partial charge is 0.493 e. The van der Waals surface area contributed by atoms with E-state index < -0.39 is 0 Å². The molecule has 0 aliphatic heterocycles.